The summed E-state index contributed by atoms with van der Waals surface area (Å²) in [5, 5.41) is 5.97. The number of anilines is 2. The largest absolute Gasteiger partial charge is 0.489 e. The number of benzene rings is 3. The number of hydrogen-bond acceptors (Lipinski definition) is 4. The molecule has 3 aromatic rings. The lowest BCUT2D eigenvalue weighted by Crippen LogP contribution is -2.27. The first-order valence-corrected chi connectivity index (χ1v) is 10.9. The zero-order valence-corrected chi connectivity index (χ0v) is 17.9. The number of hydrogen-bond donors (Lipinski definition) is 2. The van der Waals surface area contributed by atoms with E-state index < -0.39 is 0 Å². The maximum Gasteiger partial charge on any atom is 0.253 e. The first kappa shape index (κ1) is 21.4. The van der Waals surface area contributed by atoms with Crippen LogP contribution in [0.4, 0.5) is 11.4 Å². The monoisotopic (exact) mass is 429 g/mol. The second kappa shape index (κ2) is 10.5. The number of nitrogens with one attached hydrogen (secondary N) is 2. The van der Waals surface area contributed by atoms with Crippen molar-refractivity contribution in [1.82, 2.24) is 4.90 Å². The van der Waals surface area contributed by atoms with Gasteiger partial charge in [0.15, 0.2) is 0 Å². The van der Waals surface area contributed by atoms with Crippen LogP contribution < -0.4 is 15.4 Å². The number of carbonyl (C=O) groups excluding carboxylic acids is 2. The highest BCUT2D eigenvalue weighted by molar-refractivity contribution is 5.98. The Hall–Kier alpha value is -3.80. The lowest BCUT2D eigenvalue weighted by molar-refractivity contribution is -0.114. The molecule has 2 amide bonds. The molecule has 1 saturated heterocycles. The first-order valence-electron chi connectivity index (χ1n) is 10.9. The van der Waals surface area contributed by atoms with Crippen molar-refractivity contribution in [2.24, 2.45) is 0 Å². The van der Waals surface area contributed by atoms with Crippen LogP contribution in [0.3, 0.4) is 0 Å². The molecule has 0 aliphatic carbocycles. The summed E-state index contributed by atoms with van der Waals surface area (Å²) in [5.41, 5.74) is 3.10. The van der Waals surface area contributed by atoms with Crippen molar-refractivity contribution in [3.8, 4) is 5.75 Å². The van der Waals surface area contributed by atoms with Gasteiger partial charge in [-0.15, -0.1) is 0 Å². The molecule has 0 bridgehead atoms. The lowest BCUT2D eigenvalue weighted by atomic mass is 10.1. The van der Waals surface area contributed by atoms with Crippen molar-refractivity contribution in [1.29, 1.82) is 0 Å². The fourth-order valence-electron chi connectivity index (χ4n) is 3.66. The Kier molecular flexibility index (Phi) is 7.02. The molecule has 32 heavy (non-hydrogen) atoms. The van der Waals surface area contributed by atoms with E-state index in [0.717, 1.165) is 42.9 Å². The van der Waals surface area contributed by atoms with Crippen LogP contribution in [0, 0.1) is 0 Å². The third-order valence-electron chi connectivity index (χ3n) is 5.32. The maximum absolute atomic E-state index is 12.6. The molecule has 0 radical (unpaired) electrons. The third kappa shape index (κ3) is 5.88. The lowest BCUT2D eigenvalue weighted by Gasteiger charge is -2.16. The first-order chi connectivity index (χ1) is 15.7. The molecule has 0 atom stereocenters. The second-order valence-corrected chi connectivity index (χ2v) is 7.78. The van der Waals surface area contributed by atoms with Gasteiger partial charge in [-0.2, -0.15) is 0 Å². The van der Waals surface area contributed by atoms with Crippen molar-refractivity contribution in [3.63, 3.8) is 0 Å². The van der Waals surface area contributed by atoms with E-state index in [2.05, 4.69) is 10.6 Å². The van der Waals surface area contributed by atoms with Gasteiger partial charge in [0.25, 0.3) is 5.91 Å². The van der Waals surface area contributed by atoms with Crippen LogP contribution in [0.1, 0.15) is 28.8 Å². The van der Waals surface area contributed by atoms with Gasteiger partial charge in [-0.3, -0.25) is 9.59 Å². The molecule has 164 valence electrons. The molecular formula is C26H27N3O3. The summed E-state index contributed by atoms with van der Waals surface area (Å²) >= 11 is 0. The van der Waals surface area contributed by atoms with Crippen molar-refractivity contribution in [3.05, 3.63) is 90.0 Å². The zero-order valence-electron chi connectivity index (χ0n) is 17.9. The summed E-state index contributed by atoms with van der Waals surface area (Å²) in [6.07, 6.45) is 2.10. The topological polar surface area (TPSA) is 70.7 Å². The molecule has 0 aromatic heterocycles. The fraction of sp³-hybridized carbons (Fsp3) is 0.231. The molecule has 1 aliphatic heterocycles. The average molecular weight is 430 g/mol. The van der Waals surface area contributed by atoms with Crippen LogP contribution in [0.25, 0.3) is 0 Å². The maximum atomic E-state index is 12.6. The third-order valence-corrected chi connectivity index (χ3v) is 5.32. The Morgan fingerprint density at radius 1 is 0.844 bits per heavy atom. The van der Waals surface area contributed by atoms with Crippen LogP contribution in [0.2, 0.25) is 0 Å². The van der Waals surface area contributed by atoms with E-state index in [0.29, 0.717) is 17.9 Å². The molecule has 3 aromatic carbocycles. The average Bonchev–Trinajstić information content (AvgIpc) is 3.37. The van der Waals surface area contributed by atoms with Crippen LogP contribution in [-0.4, -0.2) is 36.3 Å². The summed E-state index contributed by atoms with van der Waals surface area (Å²) in [5.74, 6) is 0.558. The normalized spacial score (nSPS) is 12.9. The highest BCUT2D eigenvalue weighted by Gasteiger charge is 2.19. The number of carbonyl (C=O) groups is 2. The van der Waals surface area contributed by atoms with Crippen LogP contribution >= 0.6 is 0 Å². The zero-order chi connectivity index (χ0) is 22.2. The summed E-state index contributed by atoms with van der Waals surface area (Å²) in [7, 11) is 0. The summed E-state index contributed by atoms with van der Waals surface area (Å²) < 4.78 is 5.84. The van der Waals surface area contributed by atoms with Gasteiger partial charge in [0.05, 0.1) is 6.54 Å². The number of rotatable bonds is 8. The van der Waals surface area contributed by atoms with Crippen molar-refractivity contribution in [2.75, 3.05) is 30.3 Å². The van der Waals surface area contributed by atoms with E-state index in [1.807, 2.05) is 59.5 Å². The van der Waals surface area contributed by atoms with Gasteiger partial charge in [0.1, 0.15) is 12.4 Å². The van der Waals surface area contributed by atoms with E-state index in [9.17, 15) is 9.59 Å². The molecule has 1 fully saturated rings. The molecule has 0 unspecified atom stereocenters. The van der Waals surface area contributed by atoms with E-state index in [1.54, 1.807) is 24.3 Å². The predicted octanol–water partition coefficient (Wildman–Crippen LogP) is 4.55. The van der Waals surface area contributed by atoms with E-state index >= 15 is 0 Å². The Morgan fingerprint density at radius 2 is 1.59 bits per heavy atom. The molecule has 0 saturated carbocycles. The van der Waals surface area contributed by atoms with Crippen LogP contribution in [0.15, 0.2) is 78.9 Å². The molecule has 1 heterocycles. The SMILES string of the molecule is O=C(CNc1cccc(OCc2ccccc2)c1)Nc1cccc(C(=O)N2CCCC2)c1. The minimum atomic E-state index is -0.189. The highest BCUT2D eigenvalue weighted by Crippen LogP contribution is 2.19. The van der Waals surface area contributed by atoms with Crippen molar-refractivity contribution in [2.45, 2.75) is 19.4 Å². The van der Waals surface area contributed by atoms with E-state index in [1.165, 1.54) is 0 Å². The van der Waals surface area contributed by atoms with Crippen molar-refractivity contribution < 1.29 is 14.3 Å². The standard InChI is InChI=1S/C26H27N3O3/c30-25(28-23-12-6-10-21(16-23)26(31)29-14-4-5-15-29)18-27-22-11-7-13-24(17-22)32-19-20-8-2-1-3-9-20/h1-3,6-13,16-17,27H,4-5,14-15,18-19H2,(H,28,30). The summed E-state index contributed by atoms with van der Waals surface area (Å²) in [6, 6.07) is 24.6. The molecule has 2 N–H and O–H groups in total. The van der Waals surface area contributed by atoms with Gasteiger partial charge < -0.3 is 20.3 Å². The van der Waals surface area contributed by atoms with Gasteiger partial charge in [-0.25, -0.2) is 0 Å². The van der Waals surface area contributed by atoms with Gasteiger partial charge in [-0.05, 0) is 48.7 Å². The van der Waals surface area contributed by atoms with Crippen molar-refractivity contribution >= 4 is 23.2 Å². The summed E-state index contributed by atoms with van der Waals surface area (Å²) in [4.78, 5) is 26.8. The fourth-order valence-corrected chi connectivity index (χ4v) is 3.66. The van der Waals surface area contributed by atoms with E-state index in [-0.39, 0.29) is 18.4 Å². The second-order valence-electron chi connectivity index (χ2n) is 7.78. The predicted molar refractivity (Wildman–Crippen MR) is 126 cm³/mol. The minimum Gasteiger partial charge on any atom is -0.489 e. The molecule has 4 rings (SSSR count). The Morgan fingerprint density at radius 3 is 2.41 bits per heavy atom. The Bertz CT molecular complexity index is 1060. The van der Waals surface area contributed by atoms with Gasteiger partial charge in [0.2, 0.25) is 5.91 Å². The van der Waals surface area contributed by atoms with Gasteiger partial charge >= 0.3 is 0 Å². The number of amides is 2. The van der Waals surface area contributed by atoms with Gasteiger partial charge in [0, 0.05) is 36.1 Å². The van der Waals surface area contributed by atoms with Gasteiger partial charge in [-0.1, -0.05) is 42.5 Å². The molecule has 6 nitrogen and oxygen atoms in total. The molecule has 1 aliphatic rings. The molecule has 0 spiro atoms. The number of ether oxygens (including phenoxy) is 1. The van der Waals surface area contributed by atoms with E-state index in [4.69, 9.17) is 4.74 Å². The quantitative estimate of drug-likeness (QED) is 0.551. The molecule has 6 heteroatoms. The Labute approximate surface area is 188 Å². The number of nitrogens with zero attached hydrogens (tertiary/aromatic N) is 1. The Balaban J connectivity index is 1.28. The smallest absolute Gasteiger partial charge is 0.253 e. The minimum absolute atomic E-state index is 0.0176. The number of likely N-dealkylation sites (tertiary alicyclic amines) is 1. The van der Waals surface area contributed by atoms with Crippen LogP contribution in [-0.2, 0) is 11.4 Å². The molecular weight excluding hydrogens is 402 g/mol. The summed E-state index contributed by atoms with van der Waals surface area (Å²) in [6.45, 7) is 2.19. The van der Waals surface area contributed by atoms with Crippen LogP contribution in [0.5, 0.6) is 5.75 Å². The highest BCUT2D eigenvalue weighted by atomic mass is 16.5.